The highest BCUT2D eigenvalue weighted by atomic mass is 35.5. The predicted octanol–water partition coefficient (Wildman–Crippen LogP) is 1.37. The van der Waals surface area contributed by atoms with E-state index >= 15 is 0 Å². The summed E-state index contributed by atoms with van der Waals surface area (Å²) in [7, 11) is 6.98. The fourth-order valence-corrected chi connectivity index (χ4v) is 2.23. The van der Waals surface area contributed by atoms with Gasteiger partial charge in [-0.25, -0.2) is 0 Å². The van der Waals surface area contributed by atoms with Crippen molar-refractivity contribution in [3.63, 3.8) is 0 Å². The topological polar surface area (TPSA) is 54.0 Å². The molecule has 0 aliphatic rings. The molecule has 0 saturated heterocycles. The molecule has 0 aliphatic carbocycles. The van der Waals surface area contributed by atoms with Gasteiger partial charge in [0.2, 0.25) is 0 Å². The van der Waals surface area contributed by atoms with E-state index in [9.17, 15) is 5.11 Å². The van der Waals surface area contributed by atoms with Crippen LogP contribution in [0.1, 0.15) is 5.56 Å². The van der Waals surface area contributed by atoms with Crippen molar-refractivity contribution in [2.45, 2.75) is 12.6 Å². The summed E-state index contributed by atoms with van der Waals surface area (Å²) in [5.74, 6) is 1.14. The van der Waals surface area contributed by atoms with E-state index in [1.807, 2.05) is 31.1 Å². The van der Waals surface area contributed by atoms with Gasteiger partial charge in [-0.2, -0.15) is 0 Å². The molecule has 0 amide bonds. The van der Waals surface area contributed by atoms with Gasteiger partial charge in [0.05, 0.1) is 25.3 Å². The average molecular weight is 303 g/mol. The smallest absolute Gasteiger partial charge is 0.179 e. The van der Waals surface area contributed by atoms with Crippen molar-refractivity contribution in [2.75, 3.05) is 41.4 Å². The Morgan fingerprint density at radius 2 is 2.00 bits per heavy atom. The first-order valence-corrected chi connectivity index (χ1v) is 6.80. The number of halogens is 1. The van der Waals surface area contributed by atoms with E-state index < -0.39 is 6.10 Å². The van der Waals surface area contributed by atoms with Crippen LogP contribution in [0.4, 0.5) is 0 Å². The first-order valence-electron chi connectivity index (χ1n) is 6.42. The lowest BCUT2D eigenvalue weighted by atomic mass is 10.2. The lowest BCUT2D eigenvalue weighted by Gasteiger charge is -2.17. The first kappa shape index (κ1) is 17.0. The zero-order valence-corrected chi connectivity index (χ0v) is 13.2. The van der Waals surface area contributed by atoms with Crippen LogP contribution in [-0.2, 0) is 6.54 Å². The van der Waals surface area contributed by atoms with Gasteiger partial charge in [0, 0.05) is 19.6 Å². The van der Waals surface area contributed by atoms with Crippen molar-refractivity contribution < 1.29 is 14.6 Å². The molecule has 0 saturated carbocycles. The third-order valence-corrected chi connectivity index (χ3v) is 3.25. The number of aliphatic hydroxyl groups is 1. The van der Waals surface area contributed by atoms with Crippen molar-refractivity contribution in [3.8, 4) is 11.5 Å². The fourth-order valence-electron chi connectivity index (χ4n) is 1.93. The second-order valence-corrected chi connectivity index (χ2v) is 5.20. The first-order chi connectivity index (χ1) is 9.49. The second-order valence-electron chi connectivity index (χ2n) is 4.82. The summed E-state index contributed by atoms with van der Waals surface area (Å²) in [6.07, 6.45) is -0.413. The molecule has 114 valence electrons. The van der Waals surface area contributed by atoms with Crippen LogP contribution in [0.25, 0.3) is 0 Å². The van der Waals surface area contributed by atoms with E-state index in [0.29, 0.717) is 36.2 Å². The number of rotatable bonds is 8. The normalized spacial score (nSPS) is 12.6. The van der Waals surface area contributed by atoms with Crippen molar-refractivity contribution in [1.29, 1.82) is 0 Å². The molecule has 1 atom stereocenters. The Hall–Kier alpha value is -1.01. The zero-order valence-electron chi connectivity index (χ0n) is 12.4. The maximum atomic E-state index is 9.77. The van der Waals surface area contributed by atoms with Crippen molar-refractivity contribution in [1.82, 2.24) is 10.2 Å². The Morgan fingerprint density at radius 1 is 1.30 bits per heavy atom. The number of nitrogens with one attached hydrogen (secondary N) is 1. The third-order valence-electron chi connectivity index (χ3n) is 2.84. The summed E-state index contributed by atoms with van der Waals surface area (Å²) in [5, 5.41) is 13.5. The molecular weight excluding hydrogens is 280 g/mol. The molecule has 0 spiro atoms. The molecule has 0 aliphatic heterocycles. The highest BCUT2D eigenvalue weighted by molar-refractivity contribution is 6.33. The van der Waals surface area contributed by atoms with Crippen molar-refractivity contribution >= 4 is 11.6 Å². The fraction of sp³-hybridized carbons (Fsp3) is 0.571. The highest BCUT2D eigenvalue weighted by Gasteiger charge is 2.13. The van der Waals surface area contributed by atoms with Gasteiger partial charge in [0.15, 0.2) is 11.5 Å². The number of methoxy groups -OCH3 is 2. The van der Waals surface area contributed by atoms with E-state index in [0.717, 1.165) is 5.56 Å². The second kappa shape index (κ2) is 8.32. The van der Waals surface area contributed by atoms with Gasteiger partial charge in [-0.15, -0.1) is 0 Å². The van der Waals surface area contributed by atoms with Crippen LogP contribution in [0, 0.1) is 0 Å². The number of aliphatic hydroxyl groups excluding tert-OH is 1. The van der Waals surface area contributed by atoms with Crippen LogP contribution in [0.5, 0.6) is 11.5 Å². The van der Waals surface area contributed by atoms with Gasteiger partial charge in [-0.05, 0) is 25.7 Å². The standard InChI is InChI=1S/C14H23ClN2O3/c1-17(2)9-11(18)8-16-7-10-5-6-12(19-3)14(20-4)13(10)15/h5-6,11,16,18H,7-9H2,1-4H3. The van der Waals surface area contributed by atoms with Gasteiger partial charge in [0.1, 0.15) is 0 Å². The average Bonchev–Trinajstić information content (AvgIpc) is 2.39. The molecule has 1 aromatic rings. The minimum Gasteiger partial charge on any atom is -0.493 e. The van der Waals surface area contributed by atoms with Crippen LogP contribution in [-0.4, -0.2) is 57.5 Å². The van der Waals surface area contributed by atoms with Crippen LogP contribution in [0.2, 0.25) is 5.02 Å². The molecule has 0 radical (unpaired) electrons. The minimum atomic E-state index is -0.413. The van der Waals surface area contributed by atoms with Crippen molar-refractivity contribution in [2.24, 2.45) is 0 Å². The van der Waals surface area contributed by atoms with Crippen molar-refractivity contribution in [3.05, 3.63) is 22.7 Å². The molecule has 0 bridgehead atoms. The zero-order chi connectivity index (χ0) is 15.1. The molecule has 6 heteroatoms. The van der Waals surface area contributed by atoms with E-state index in [1.54, 1.807) is 14.2 Å². The maximum Gasteiger partial charge on any atom is 0.179 e. The minimum absolute atomic E-state index is 0.413. The molecule has 0 fully saturated rings. The quantitative estimate of drug-likeness (QED) is 0.760. The lowest BCUT2D eigenvalue weighted by Crippen LogP contribution is -2.34. The molecule has 2 N–H and O–H groups in total. The van der Waals surface area contributed by atoms with Crippen LogP contribution < -0.4 is 14.8 Å². The van der Waals surface area contributed by atoms with Gasteiger partial charge in [-0.3, -0.25) is 0 Å². The molecule has 1 unspecified atom stereocenters. The Balaban J connectivity index is 2.60. The number of likely N-dealkylation sites (N-methyl/N-ethyl adjacent to an activating group) is 1. The Bertz CT molecular complexity index is 427. The summed E-state index contributed by atoms with van der Waals surface area (Å²) < 4.78 is 10.4. The van der Waals surface area contributed by atoms with Gasteiger partial charge in [0.25, 0.3) is 0 Å². The summed E-state index contributed by atoms with van der Waals surface area (Å²) in [6, 6.07) is 3.70. The number of hydrogen-bond acceptors (Lipinski definition) is 5. The van der Waals surface area contributed by atoms with Gasteiger partial charge < -0.3 is 24.8 Å². The Morgan fingerprint density at radius 3 is 2.55 bits per heavy atom. The van der Waals surface area contributed by atoms with E-state index in [1.165, 1.54) is 0 Å². The molecule has 0 aromatic heterocycles. The largest absolute Gasteiger partial charge is 0.493 e. The van der Waals surface area contributed by atoms with Crippen LogP contribution in [0.3, 0.4) is 0 Å². The number of hydrogen-bond donors (Lipinski definition) is 2. The SMILES string of the molecule is COc1ccc(CNCC(O)CN(C)C)c(Cl)c1OC. The van der Waals surface area contributed by atoms with Gasteiger partial charge >= 0.3 is 0 Å². The van der Waals surface area contributed by atoms with Crippen LogP contribution in [0.15, 0.2) is 12.1 Å². The Labute approximate surface area is 125 Å². The van der Waals surface area contributed by atoms with E-state index in [4.69, 9.17) is 21.1 Å². The summed E-state index contributed by atoms with van der Waals surface area (Å²) in [4.78, 5) is 1.94. The predicted molar refractivity (Wildman–Crippen MR) is 80.8 cm³/mol. The van der Waals surface area contributed by atoms with Gasteiger partial charge in [-0.1, -0.05) is 17.7 Å². The van der Waals surface area contributed by atoms with E-state index in [2.05, 4.69) is 5.32 Å². The maximum absolute atomic E-state index is 9.77. The highest BCUT2D eigenvalue weighted by Crippen LogP contribution is 2.37. The van der Waals surface area contributed by atoms with Crippen LogP contribution >= 0.6 is 11.6 Å². The molecular formula is C14H23ClN2O3. The molecule has 5 nitrogen and oxygen atoms in total. The Kier molecular flexibility index (Phi) is 7.09. The number of nitrogens with zero attached hydrogens (tertiary/aromatic N) is 1. The summed E-state index contributed by atoms with van der Waals surface area (Å²) in [5.41, 5.74) is 0.904. The molecule has 1 aromatic carbocycles. The number of ether oxygens (including phenoxy) is 2. The number of benzene rings is 1. The molecule has 0 heterocycles. The monoisotopic (exact) mass is 302 g/mol. The summed E-state index contributed by atoms with van der Waals surface area (Å²) in [6.45, 7) is 1.68. The lowest BCUT2D eigenvalue weighted by molar-refractivity contribution is 0.134. The molecule has 20 heavy (non-hydrogen) atoms. The van der Waals surface area contributed by atoms with E-state index in [-0.39, 0.29) is 0 Å². The molecule has 1 rings (SSSR count). The summed E-state index contributed by atoms with van der Waals surface area (Å²) >= 11 is 6.28. The third kappa shape index (κ3) is 4.83.